The number of benzene rings is 1. The number of para-hydroxylation sites is 1. The van der Waals surface area contributed by atoms with Gasteiger partial charge in [0.2, 0.25) is 41.4 Å². The number of aromatic amines is 1. The van der Waals surface area contributed by atoms with Crippen molar-refractivity contribution in [3.63, 3.8) is 0 Å². The molecule has 3 aliphatic heterocycles. The quantitative estimate of drug-likeness (QED) is 0.143. The molecule has 1 aromatic carbocycles. The minimum Gasteiger partial charge on any atom is -0.393 e. The molecule has 300 valence electrons. The topological polar surface area (TPSA) is 292 Å². The normalized spacial score (nSPS) is 30.8. The molecule has 2 aromatic rings. The summed E-state index contributed by atoms with van der Waals surface area (Å²) in [7, 11) is 0. The predicted molar refractivity (Wildman–Crippen MR) is 196 cm³/mol. The van der Waals surface area contributed by atoms with Crippen LogP contribution in [0, 0.1) is 0 Å². The lowest BCUT2D eigenvalue weighted by Gasteiger charge is -2.31. The van der Waals surface area contributed by atoms with E-state index in [-0.39, 0.29) is 25.1 Å². The first-order valence-corrected chi connectivity index (χ1v) is 18.9. The SMILES string of the molecule is C[C@@H]1NC(=O)[C@H](C[C@](C)(O)CO)NC(=O)[C@@H]2Cc3c([nH]c4ccccc34)SC[C@H](NC(=O)[C@H]([C@H](C)O)NC1=O)C(=O)N1C[C@H](O)C[C@H]1C(=O)N[C@@H](C)C(=O)N2. The van der Waals surface area contributed by atoms with Gasteiger partial charge >= 0.3 is 0 Å². The maximum absolute atomic E-state index is 14.3. The molecule has 1 aromatic heterocycles. The van der Waals surface area contributed by atoms with Crippen LogP contribution < -0.4 is 31.9 Å². The lowest BCUT2D eigenvalue weighted by Crippen LogP contribution is -2.61. The molecule has 0 radical (unpaired) electrons. The van der Waals surface area contributed by atoms with Crippen molar-refractivity contribution in [1.82, 2.24) is 41.8 Å². The van der Waals surface area contributed by atoms with Crippen LogP contribution in [0.4, 0.5) is 0 Å². The molecule has 0 saturated carbocycles. The van der Waals surface area contributed by atoms with E-state index in [1.54, 1.807) is 24.3 Å². The van der Waals surface area contributed by atoms with Gasteiger partial charge in [0, 0.05) is 42.5 Å². The third-order valence-electron chi connectivity index (χ3n) is 9.87. The van der Waals surface area contributed by atoms with Gasteiger partial charge in [-0.25, -0.2) is 0 Å². The summed E-state index contributed by atoms with van der Waals surface area (Å²) >= 11 is 1.08. The zero-order valence-electron chi connectivity index (χ0n) is 30.8. The number of aliphatic hydroxyl groups is 4. The minimum atomic E-state index is -1.90. The Morgan fingerprint density at radius 3 is 2.16 bits per heavy atom. The largest absolute Gasteiger partial charge is 0.393 e. The van der Waals surface area contributed by atoms with Gasteiger partial charge in [0.1, 0.15) is 42.3 Å². The molecule has 10 atom stereocenters. The molecule has 0 unspecified atom stereocenters. The maximum atomic E-state index is 14.3. The summed E-state index contributed by atoms with van der Waals surface area (Å²) in [5.41, 5.74) is -0.741. The first-order chi connectivity index (χ1) is 25.9. The second-order valence-corrected chi connectivity index (χ2v) is 15.6. The van der Waals surface area contributed by atoms with E-state index < -0.39 is 114 Å². The average Bonchev–Trinajstić information content (AvgIpc) is 3.69. The van der Waals surface area contributed by atoms with E-state index in [1.165, 1.54) is 27.7 Å². The van der Waals surface area contributed by atoms with E-state index in [2.05, 4.69) is 36.9 Å². The highest BCUT2D eigenvalue weighted by Gasteiger charge is 2.44. The van der Waals surface area contributed by atoms with Crippen LogP contribution in [-0.4, -0.2) is 151 Å². The zero-order valence-corrected chi connectivity index (χ0v) is 31.6. The average molecular weight is 789 g/mol. The van der Waals surface area contributed by atoms with Gasteiger partial charge in [-0.05, 0) is 39.3 Å². The number of amides is 7. The molecular formula is C35H48N8O11S. The number of hydrogen-bond acceptors (Lipinski definition) is 12. The van der Waals surface area contributed by atoms with E-state index in [1.807, 2.05) is 0 Å². The van der Waals surface area contributed by atoms with Gasteiger partial charge in [0.25, 0.3) is 0 Å². The van der Waals surface area contributed by atoms with Crippen LogP contribution in [-0.2, 0) is 40.0 Å². The number of rotatable bonds is 4. The van der Waals surface area contributed by atoms with Gasteiger partial charge in [0.05, 0.1) is 29.4 Å². The Balaban J connectivity index is 1.69. The third-order valence-corrected chi connectivity index (χ3v) is 11.0. The van der Waals surface area contributed by atoms with Crippen molar-refractivity contribution in [2.24, 2.45) is 0 Å². The predicted octanol–water partition coefficient (Wildman–Crippen LogP) is -3.75. The number of nitrogens with one attached hydrogen (secondary N) is 7. The molecule has 0 spiro atoms. The van der Waals surface area contributed by atoms with Gasteiger partial charge in [0.15, 0.2) is 0 Å². The van der Waals surface area contributed by atoms with Gasteiger partial charge < -0.3 is 62.2 Å². The Hall–Kier alpha value is -4.76. The lowest BCUT2D eigenvalue weighted by atomic mass is 9.96. The van der Waals surface area contributed by atoms with Crippen LogP contribution >= 0.6 is 11.8 Å². The van der Waals surface area contributed by atoms with E-state index in [0.717, 1.165) is 16.7 Å². The zero-order chi connectivity index (χ0) is 40.4. The van der Waals surface area contributed by atoms with E-state index >= 15 is 0 Å². The van der Waals surface area contributed by atoms with Crippen molar-refractivity contribution < 1.29 is 54.0 Å². The highest BCUT2D eigenvalue weighted by atomic mass is 32.2. The van der Waals surface area contributed by atoms with Crippen LogP contribution in [0.2, 0.25) is 0 Å². The number of hydrogen-bond donors (Lipinski definition) is 11. The lowest BCUT2D eigenvalue weighted by molar-refractivity contribution is -0.142. The Kier molecular flexibility index (Phi) is 12.8. The number of H-pyrrole nitrogens is 1. The number of carbonyl (C=O) groups excluding carboxylic acids is 7. The molecule has 1 fully saturated rings. The minimum absolute atomic E-state index is 0.170. The van der Waals surface area contributed by atoms with Crippen molar-refractivity contribution in [1.29, 1.82) is 0 Å². The van der Waals surface area contributed by atoms with E-state index in [4.69, 9.17) is 0 Å². The fourth-order valence-electron chi connectivity index (χ4n) is 6.74. The number of fused-ring (bicyclic) bond motifs is 5. The Morgan fingerprint density at radius 1 is 0.855 bits per heavy atom. The molecule has 7 amide bonds. The summed E-state index contributed by atoms with van der Waals surface area (Å²) in [6, 6.07) is -2.86. The van der Waals surface area contributed by atoms with Crippen LogP contribution in [0.5, 0.6) is 0 Å². The van der Waals surface area contributed by atoms with Crippen molar-refractivity contribution in [2.75, 3.05) is 18.9 Å². The molecular weight excluding hydrogens is 740 g/mol. The number of aromatic nitrogens is 1. The number of thioether (sulfide) groups is 1. The van der Waals surface area contributed by atoms with Crippen molar-refractivity contribution in [2.45, 2.75) is 112 Å². The molecule has 0 aliphatic carbocycles. The van der Waals surface area contributed by atoms with Crippen LogP contribution in [0.3, 0.4) is 0 Å². The highest BCUT2D eigenvalue weighted by molar-refractivity contribution is 7.99. The fourth-order valence-corrected chi connectivity index (χ4v) is 7.85. The molecule has 20 heteroatoms. The standard InChI is InChI=1S/C35H48N8O11S/c1-15-27(47)38-22-10-20-19-7-5-6-8-21(19)41-33(20)55-13-24(34(53)43-12-18(46)9-25(43)31(51)37-15)40-32(52)26(17(3)45)42-28(48)16(2)36-30(50)23(39-29(22)49)11-35(4,54)14-44/h5-8,15-18,22-26,41,44-46,54H,9-14H2,1-4H3,(H,36,50)(H,37,51)(H,38,47)(H,39,49)(H,40,52)(H,42,48)/t15-,16-,17-,18+,22-,23-,24-,25-,26-,35-/m0/s1. The number of aliphatic hydroxyl groups excluding tert-OH is 3. The van der Waals surface area contributed by atoms with Crippen LogP contribution in [0.25, 0.3) is 10.9 Å². The van der Waals surface area contributed by atoms with Crippen molar-refractivity contribution in [3.05, 3.63) is 29.8 Å². The van der Waals surface area contributed by atoms with Gasteiger partial charge in [-0.3, -0.25) is 33.6 Å². The summed E-state index contributed by atoms with van der Waals surface area (Å²) in [5, 5.41) is 58.1. The maximum Gasteiger partial charge on any atom is 0.246 e. The Bertz CT molecular complexity index is 1840. The third kappa shape index (κ3) is 9.55. The molecule has 3 aliphatic rings. The molecule has 55 heavy (non-hydrogen) atoms. The smallest absolute Gasteiger partial charge is 0.246 e. The molecule has 2 bridgehead atoms. The van der Waals surface area contributed by atoms with Crippen LogP contribution in [0.15, 0.2) is 29.3 Å². The molecule has 1 saturated heterocycles. The van der Waals surface area contributed by atoms with Gasteiger partial charge in [-0.1, -0.05) is 18.2 Å². The monoisotopic (exact) mass is 788 g/mol. The second-order valence-electron chi connectivity index (χ2n) is 14.6. The summed E-state index contributed by atoms with van der Waals surface area (Å²) in [6.45, 7) is 4.02. The first-order valence-electron chi connectivity index (χ1n) is 17.9. The Morgan fingerprint density at radius 2 is 1.49 bits per heavy atom. The first kappa shape index (κ1) is 41.4. The summed E-state index contributed by atoms with van der Waals surface area (Å²) in [5.74, 6) is -6.26. The van der Waals surface area contributed by atoms with Crippen LogP contribution in [0.1, 0.15) is 46.1 Å². The summed E-state index contributed by atoms with van der Waals surface area (Å²) in [6.07, 6.45) is -3.53. The van der Waals surface area contributed by atoms with Gasteiger partial charge in [-0.2, -0.15) is 0 Å². The number of nitrogens with zero attached hydrogens (tertiary/aromatic N) is 1. The number of carbonyl (C=O) groups is 7. The van der Waals surface area contributed by atoms with E-state index in [0.29, 0.717) is 21.5 Å². The second kappa shape index (κ2) is 16.9. The summed E-state index contributed by atoms with van der Waals surface area (Å²) < 4.78 is 0. The molecule has 4 heterocycles. The summed E-state index contributed by atoms with van der Waals surface area (Å²) in [4.78, 5) is 101. The van der Waals surface area contributed by atoms with Crippen molar-refractivity contribution >= 4 is 64.0 Å². The van der Waals surface area contributed by atoms with Crippen molar-refractivity contribution in [3.8, 4) is 0 Å². The van der Waals surface area contributed by atoms with E-state index in [9.17, 15) is 54.0 Å². The molecule has 5 rings (SSSR count). The molecule has 11 N–H and O–H groups in total. The fraction of sp³-hybridized carbons (Fsp3) is 0.571. The Labute approximate surface area is 320 Å². The highest BCUT2D eigenvalue weighted by Crippen LogP contribution is 2.32. The molecule has 19 nitrogen and oxygen atoms in total. The van der Waals surface area contributed by atoms with Gasteiger partial charge in [-0.15, -0.1) is 11.8 Å².